The van der Waals surface area contributed by atoms with Crippen LogP contribution in [0.25, 0.3) is 0 Å². The summed E-state index contributed by atoms with van der Waals surface area (Å²) in [5, 5.41) is 0. The number of ether oxygens (including phenoxy) is 1. The lowest BCUT2D eigenvalue weighted by atomic mass is 10.3. The summed E-state index contributed by atoms with van der Waals surface area (Å²) < 4.78 is 5.36. The van der Waals surface area contributed by atoms with Gasteiger partial charge in [-0.1, -0.05) is 13.5 Å². The van der Waals surface area contributed by atoms with Gasteiger partial charge in [-0.2, -0.15) is 0 Å². The molecule has 0 amide bonds. The van der Waals surface area contributed by atoms with Crippen molar-refractivity contribution >= 4 is 0 Å². The van der Waals surface area contributed by atoms with Crippen LogP contribution in [0.3, 0.4) is 0 Å². The lowest BCUT2D eigenvalue weighted by Gasteiger charge is -2.05. The molecule has 0 bridgehead atoms. The Morgan fingerprint density at radius 3 is 2.83 bits per heavy atom. The van der Waals surface area contributed by atoms with Crippen molar-refractivity contribution in [1.82, 2.24) is 4.98 Å². The zero-order chi connectivity index (χ0) is 8.97. The maximum atomic E-state index is 5.36. The summed E-state index contributed by atoms with van der Waals surface area (Å²) in [6.45, 7) is 7.69. The molecule has 0 unspecified atom stereocenters. The van der Waals surface area contributed by atoms with Crippen LogP contribution in [0.15, 0.2) is 30.7 Å². The molecule has 12 heavy (non-hydrogen) atoms. The van der Waals surface area contributed by atoms with Gasteiger partial charge in [0.15, 0.2) is 0 Å². The van der Waals surface area contributed by atoms with E-state index in [1.807, 2.05) is 26.0 Å². The van der Waals surface area contributed by atoms with Crippen LogP contribution in [0, 0.1) is 6.92 Å². The molecule has 64 valence electrons. The van der Waals surface area contributed by atoms with Crippen molar-refractivity contribution in [2.24, 2.45) is 0 Å². The summed E-state index contributed by atoms with van der Waals surface area (Å²) in [5.41, 5.74) is 0.990. The fourth-order valence-electron chi connectivity index (χ4n) is 0.753. The molecule has 0 aromatic carbocycles. The highest BCUT2D eigenvalue weighted by Gasteiger charge is 1.95. The number of rotatable bonds is 3. The van der Waals surface area contributed by atoms with Crippen molar-refractivity contribution in [3.05, 3.63) is 36.4 Å². The van der Waals surface area contributed by atoms with E-state index in [9.17, 15) is 0 Å². The van der Waals surface area contributed by atoms with Gasteiger partial charge in [0.1, 0.15) is 5.75 Å². The molecule has 0 atom stereocenters. The SMILES string of the molecule is C=C(CC)Oc1ccc(C)nc1. The maximum Gasteiger partial charge on any atom is 0.145 e. The van der Waals surface area contributed by atoms with Gasteiger partial charge in [0.05, 0.1) is 12.0 Å². The summed E-state index contributed by atoms with van der Waals surface area (Å²) in [6.07, 6.45) is 2.53. The van der Waals surface area contributed by atoms with Crippen LogP contribution in [0.1, 0.15) is 19.0 Å². The molecule has 0 radical (unpaired) electrons. The smallest absolute Gasteiger partial charge is 0.145 e. The van der Waals surface area contributed by atoms with E-state index in [1.54, 1.807) is 6.20 Å². The van der Waals surface area contributed by atoms with Crippen LogP contribution in [0.4, 0.5) is 0 Å². The third-order valence-electron chi connectivity index (χ3n) is 1.54. The van der Waals surface area contributed by atoms with Crippen LogP contribution in [0.5, 0.6) is 5.75 Å². The number of aryl methyl sites for hydroxylation is 1. The van der Waals surface area contributed by atoms with Gasteiger partial charge in [-0.05, 0) is 19.1 Å². The van der Waals surface area contributed by atoms with E-state index in [-0.39, 0.29) is 0 Å². The van der Waals surface area contributed by atoms with Gasteiger partial charge < -0.3 is 4.74 Å². The lowest BCUT2D eigenvalue weighted by Crippen LogP contribution is -1.92. The second-order valence-corrected chi connectivity index (χ2v) is 2.63. The van der Waals surface area contributed by atoms with E-state index < -0.39 is 0 Å². The average molecular weight is 163 g/mol. The fourth-order valence-corrected chi connectivity index (χ4v) is 0.753. The molecule has 1 rings (SSSR count). The zero-order valence-electron chi connectivity index (χ0n) is 7.50. The van der Waals surface area contributed by atoms with Crippen LogP contribution >= 0.6 is 0 Å². The Bertz CT molecular complexity index is 264. The number of aromatic nitrogens is 1. The van der Waals surface area contributed by atoms with Crippen molar-refractivity contribution in [2.75, 3.05) is 0 Å². The Hall–Kier alpha value is -1.31. The molecule has 0 aliphatic rings. The van der Waals surface area contributed by atoms with Crippen LogP contribution in [0.2, 0.25) is 0 Å². The topological polar surface area (TPSA) is 22.1 Å². The number of pyridine rings is 1. The van der Waals surface area contributed by atoms with Gasteiger partial charge in [-0.25, -0.2) is 0 Å². The molecule has 0 aliphatic carbocycles. The minimum Gasteiger partial charge on any atom is -0.461 e. The largest absolute Gasteiger partial charge is 0.461 e. The van der Waals surface area contributed by atoms with Gasteiger partial charge in [-0.15, -0.1) is 0 Å². The average Bonchev–Trinajstić information content (AvgIpc) is 2.09. The normalized spacial score (nSPS) is 9.50. The van der Waals surface area contributed by atoms with Crippen LogP contribution in [-0.2, 0) is 0 Å². The number of allylic oxidation sites excluding steroid dienone is 1. The standard InChI is InChI=1S/C10H13NO/c1-4-9(3)12-10-6-5-8(2)11-7-10/h5-7H,3-4H2,1-2H3. The molecule has 0 aliphatic heterocycles. The molecule has 1 aromatic rings. The highest BCUT2D eigenvalue weighted by Crippen LogP contribution is 2.12. The number of hydrogen-bond donors (Lipinski definition) is 0. The molecular weight excluding hydrogens is 150 g/mol. The first kappa shape index (κ1) is 8.78. The second kappa shape index (κ2) is 3.90. The Labute approximate surface area is 72.9 Å². The predicted octanol–water partition coefficient (Wildman–Crippen LogP) is 2.69. The van der Waals surface area contributed by atoms with E-state index in [4.69, 9.17) is 4.74 Å². The van der Waals surface area contributed by atoms with Gasteiger partial charge in [0.2, 0.25) is 0 Å². The van der Waals surface area contributed by atoms with Crippen molar-refractivity contribution in [3.8, 4) is 5.75 Å². The first-order valence-corrected chi connectivity index (χ1v) is 4.00. The molecule has 0 saturated carbocycles. The van der Waals surface area contributed by atoms with Gasteiger partial charge in [0, 0.05) is 12.1 Å². The Morgan fingerprint density at radius 1 is 1.58 bits per heavy atom. The third-order valence-corrected chi connectivity index (χ3v) is 1.54. The predicted molar refractivity (Wildman–Crippen MR) is 49.0 cm³/mol. The third kappa shape index (κ3) is 2.38. The highest BCUT2D eigenvalue weighted by atomic mass is 16.5. The van der Waals surface area contributed by atoms with Crippen LogP contribution in [-0.4, -0.2) is 4.98 Å². The summed E-state index contributed by atoms with van der Waals surface area (Å²) in [7, 11) is 0. The minimum atomic E-state index is 0.757. The lowest BCUT2D eigenvalue weighted by molar-refractivity contribution is 0.410. The minimum absolute atomic E-state index is 0.757. The van der Waals surface area contributed by atoms with Crippen LogP contribution < -0.4 is 4.74 Å². The monoisotopic (exact) mass is 163 g/mol. The summed E-state index contributed by atoms with van der Waals surface area (Å²) in [4.78, 5) is 4.10. The van der Waals surface area contributed by atoms with Crippen molar-refractivity contribution in [3.63, 3.8) is 0 Å². The Morgan fingerprint density at radius 2 is 2.33 bits per heavy atom. The van der Waals surface area contributed by atoms with E-state index in [2.05, 4.69) is 11.6 Å². The van der Waals surface area contributed by atoms with E-state index >= 15 is 0 Å². The van der Waals surface area contributed by atoms with Gasteiger partial charge in [-0.3, -0.25) is 4.98 Å². The van der Waals surface area contributed by atoms with Gasteiger partial charge >= 0.3 is 0 Å². The first-order chi connectivity index (χ1) is 5.72. The molecule has 0 spiro atoms. The van der Waals surface area contributed by atoms with E-state index in [1.165, 1.54) is 0 Å². The summed E-state index contributed by atoms with van der Waals surface area (Å²) in [5.74, 6) is 1.52. The van der Waals surface area contributed by atoms with Crippen molar-refractivity contribution < 1.29 is 4.74 Å². The van der Waals surface area contributed by atoms with Crippen molar-refractivity contribution in [1.29, 1.82) is 0 Å². The van der Waals surface area contributed by atoms with Gasteiger partial charge in [0.25, 0.3) is 0 Å². The Kier molecular flexibility index (Phi) is 2.86. The van der Waals surface area contributed by atoms with E-state index in [0.717, 1.165) is 23.6 Å². The summed E-state index contributed by atoms with van der Waals surface area (Å²) >= 11 is 0. The molecule has 0 fully saturated rings. The zero-order valence-corrected chi connectivity index (χ0v) is 7.50. The molecule has 2 nitrogen and oxygen atoms in total. The molecule has 0 saturated heterocycles. The molecule has 0 N–H and O–H groups in total. The maximum absolute atomic E-state index is 5.36. The second-order valence-electron chi connectivity index (χ2n) is 2.63. The number of hydrogen-bond acceptors (Lipinski definition) is 2. The first-order valence-electron chi connectivity index (χ1n) is 4.00. The number of nitrogens with zero attached hydrogens (tertiary/aromatic N) is 1. The quantitative estimate of drug-likeness (QED) is 0.639. The fraction of sp³-hybridized carbons (Fsp3) is 0.300. The van der Waals surface area contributed by atoms with Crippen molar-refractivity contribution in [2.45, 2.75) is 20.3 Å². The Balaban J connectivity index is 2.64. The molecule has 1 heterocycles. The summed E-state index contributed by atoms with van der Waals surface area (Å²) in [6, 6.07) is 3.81. The molecule has 2 heteroatoms. The molecule has 1 aromatic heterocycles. The molecular formula is C10H13NO. The highest BCUT2D eigenvalue weighted by molar-refractivity contribution is 5.20. The van der Waals surface area contributed by atoms with E-state index in [0.29, 0.717) is 0 Å².